The van der Waals surface area contributed by atoms with Crippen molar-refractivity contribution in [2.75, 3.05) is 32.8 Å². The highest BCUT2D eigenvalue weighted by atomic mass is 16.5. The number of morpholine rings is 1. The van der Waals surface area contributed by atoms with Crippen LogP contribution in [0, 0.1) is 5.92 Å². The Kier molecular flexibility index (Phi) is 4.20. The summed E-state index contributed by atoms with van der Waals surface area (Å²) in [4.78, 5) is 9.76. The van der Waals surface area contributed by atoms with Crippen LogP contribution in [0.4, 0.5) is 0 Å². The van der Waals surface area contributed by atoms with Gasteiger partial charge in [-0.05, 0) is 31.6 Å². The summed E-state index contributed by atoms with van der Waals surface area (Å²) in [6.45, 7) is 6.63. The van der Waals surface area contributed by atoms with Gasteiger partial charge in [-0.1, -0.05) is 0 Å². The predicted octanol–water partition coefficient (Wildman–Crippen LogP) is 1.50. The van der Waals surface area contributed by atoms with Gasteiger partial charge >= 0.3 is 0 Å². The lowest BCUT2D eigenvalue weighted by Gasteiger charge is -2.40. The fraction of sp³-hybridized carbons (Fsp3) is 0.824. The molecule has 0 amide bonds. The van der Waals surface area contributed by atoms with Crippen LogP contribution < -0.4 is 0 Å². The van der Waals surface area contributed by atoms with Crippen molar-refractivity contribution >= 4 is 0 Å². The second-order valence-electron chi connectivity index (χ2n) is 7.22. The van der Waals surface area contributed by atoms with Crippen LogP contribution in [-0.2, 0) is 18.3 Å². The molecule has 5 nitrogen and oxygen atoms in total. The molecule has 2 aliphatic heterocycles. The molecule has 5 heteroatoms. The Balaban J connectivity index is 1.38. The molecule has 1 saturated carbocycles. The van der Waals surface area contributed by atoms with Gasteiger partial charge in [0.1, 0.15) is 5.82 Å². The quantitative estimate of drug-likeness (QED) is 0.844. The number of aromatic nitrogens is 2. The fourth-order valence-electron chi connectivity index (χ4n) is 3.98. The molecule has 3 aliphatic rings. The van der Waals surface area contributed by atoms with E-state index in [0.717, 1.165) is 38.6 Å². The third-order valence-electron chi connectivity index (χ3n) is 5.56. The summed E-state index contributed by atoms with van der Waals surface area (Å²) >= 11 is 0. The summed E-state index contributed by atoms with van der Waals surface area (Å²) in [5.41, 5.74) is 0. The molecule has 0 radical (unpaired) electrons. The van der Waals surface area contributed by atoms with Gasteiger partial charge in [0.2, 0.25) is 0 Å². The first-order valence-corrected chi connectivity index (χ1v) is 8.84. The van der Waals surface area contributed by atoms with E-state index in [-0.39, 0.29) is 0 Å². The smallest absolute Gasteiger partial charge is 0.122 e. The summed E-state index contributed by atoms with van der Waals surface area (Å²) in [5, 5.41) is 0. The van der Waals surface area contributed by atoms with Gasteiger partial charge in [-0.2, -0.15) is 0 Å². The molecule has 22 heavy (non-hydrogen) atoms. The summed E-state index contributed by atoms with van der Waals surface area (Å²) in [6.07, 6.45) is 9.66. The van der Waals surface area contributed by atoms with E-state index in [0.29, 0.717) is 12.1 Å². The Bertz CT molecular complexity index is 499. The SMILES string of the molecule is Cn1ccnc1CN1CC[C@@H]2OCCN(CC3CC3)[C@H]2CC1. The van der Waals surface area contributed by atoms with Gasteiger partial charge in [-0.3, -0.25) is 9.80 Å². The van der Waals surface area contributed by atoms with Crippen molar-refractivity contribution < 1.29 is 4.74 Å². The first kappa shape index (κ1) is 14.7. The molecule has 0 aromatic carbocycles. The minimum atomic E-state index is 0.443. The number of hydrogen-bond acceptors (Lipinski definition) is 4. The van der Waals surface area contributed by atoms with Crippen molar-refractivity contribution in [3.8, 4) is 0 Å². The Hall–Kier alpha value is -0.910. The number of hydrogen-bond donors (Lipinski definition) is 0. The minimum Gasteiger partial charge on any atom is -0.375 e. The number of fused-ring (bicyclic) bond motifs is 1. The van der Waals surface area contributed by atoms with Crippen molar-refractivity contribution in [1.82, 2.24) is 19.4 Å². The number of likely N-dealkylation sites (tertiary alicyclic amines) is 1. The van der Waals surface area contributed by atoms with Crippen LogP contribution in [0.3, 0.4) is 0 Å². The second-order valence-corrected chi connectivity index (χ2v) is 7.22. The van der Waals surface area contributed by atoms with Crippen LogP contribution in [0.15, 0.2) is 12.4 Å². The van der Waals surface area contributed by atoms with E-state index >= 15 is 0 Å². The maximum Gasteiger partial charge on any atom is 0.122 e. The lowest BCUT2D eigenvalue weighted by Crippen LogP contribution is -2.51. The van der Waals surface area contributed by atoms with Crippen LogP contribution in [0.25, 0.3) is 0 Å². The van der Waals surface area contributed by atoms with E-state index in [9.17, 15) is 0 Å². The highest BCUT2D eigenvalue weighted by Crippen LogP contribution is 2.33. The monoisotopic (exact) mass is 304 g/mol. The Morgan fingerprint density at radius 1 is 1.18 bits per heavy atom. The summed E-state index contributed by atoms with van der Waals surface area (Å²) < 4.78 is 8.24. The molecule has 0 bridgehead atoms. The molecule has 0 N–H and O–H groups in total. The predicted molar refractivity (Wildman–Crippen MR) is 85.5 cm³/mol. The summed E-state index contributed by atoms with van der Waals surface area (Å²) in [5.74, 6) is 2.14. The first-order chi connectivity index (χ1) is 10.8. The molecule has 1 aliphatic carbocycles. The van der Waals surface area contributed by atoms with E-state index < -0.39 is 0 Å². The Morgan fingerprint density at radius 2 is 2.05 bits per heavy atom. The average molecular weight is 304 g/mol. The number of aryl methyl sites for hydroxylation is 1. The molecule has 3 heterocycles. The average Bonchev–Trinajstić information content (AvgIpc) is 3.27. The lowest BCUT2D eigenvalue weighted by atomic mass is 10.0. The molecule has 122 valence electrons. The van der Waals surface area contributed by atoms with Crippen LogP contribution in [0.5, 0.6) is 0 Å². The van der Waals surface area contributed by atoms with Crippen molar-refractivity contribution in [2.45, 2.75) is 44.4 Å². The first-order valence-electron chi connectivity index (χ1n) is 8.84. The zero-order chi connectivity index (χ0) is 14.9. The topological polar surface area (TPSA) is 33.5 Å². The van der Waals surface area contributed by atoms with Crippen molar-refractivity contribution in [3.63, 3.8) is 0 Å². The maximum absolute atomic E-state index is 6.11. The molecule has 3 fully saturated rings. The van der Waals surface area contributed by atoms with Crippen LogP contribution in [0.1, 0.15) is 31.5 Å². The standard InChI is InChI=1S/C17H28N4O/c1-19-9-6-18-17(19)13-20-7-4-15-16(5-8-20)22-11-10-21(15)12-14-2-3-14/h6,9,14-16H,2-5,7-8,10-13H2,1H3/t15-,16-/m0/s1. The molecule has 0 unspecified atom stereocenters. The van der Waals surface area contributed by atoms with Gasteiger partial charge in [-0.25, -0.2) is 4.98 Å². The minimum absolute atomic E-state index is 0.443. The molecular weight excluding hydrogens is 276 g/mol. The van der Waals surface area contributed by atoms with Gasteiger partial charge < -0.3 is 9.30 Å². The molecule has 1 aromatic heterocycles. The number of imidazole rings is 1. The fourth-order valence-corrected chi connectivity index (χ4v) is 3.98. The zero-order valence-corrected chi connectivity index (χ0v) is 13.7. The van der Waals surface area contributed by atoms with Gasteiger partial charge in [0.05, 0.1) is 19.3 Å². The third-order valence-corrected chi connectivity index (χ3v) is 5.56. The van der Waals surface area contributed by atoms with Gasteiger partial charge in [-0.15, -0.1) is 0 Å². The molecule has 0 spiro atoms. The number of ether oxygens (including phenoxy) is 1. The zero-order valence-electron chi connectivity index (χ0n) is 13.7. The van der Waals surface area contributed by atoms with Gasteiger partial charge in [0.25, 0.3) is 0 Å². The maximum atomic E-state index is 6.11. The molecule has 2 atom stereocenters. The summed E-state index contributed by atoms with van der Waals surface area (Å²) in [7, 11) is 2.08. The van der Waals surface area contributed by atoms with Crippen molar-refractivity contribution in [3.05, 3.63) is 18.2 Å². The number of rotatable bonds is 4. The van der Waals surface area contributed by atoms with E-state index in [1.165, 1.54) is 38.2 Å². The second kappa shape index (κ2) is 6.30. The molecular formula is C17H28N4O. The largest absolute Gasteiger partial charge is 0.375 e. The normalized spacial score (nSPS) is 31.0. The van der Waals surface area contributed by atoms with Gasteiger partial charge in [0, 0.05) is 51.7 Å². The summed E-state index contributed by atoms with van der Waals surface area (Å²) in [6, 6.07) is 0.640. The highest BCUT2D eigenvalue weighted by Gasteiger charge is 2.37. The Labute approximate surface area is 133 Å². The highest BCUT2D eigenvalue weighted by molar-refractivity contribution is 4.94. The molecule has 1 aromatic rings. The van der Waals surface area contributed by atoms with E-state index in [1.54, 1.807) is 0 Å². The van der Waals surface area contributed by atoms with Crippen LogP contribution >= 0.6 is 0 Å². The van der Waals surface area contributed by atoms with Gasteiger partial charge in [0.15, 0.2) is 0 Å². The number of nitrogens with zero attached hydrogens (tertiary/aromatic N) is 4. The third kappa shape index (κ3) is 3.21. The van der Waals surface area contributed by atoms with Crippen LogP contribution in [-0.4, -0.2) is 64.3 Å². The Morgan fingerprint density at radius 3 is 2.82 bits per heavy atom. The van der Waals surface area contributed by atoms with E-state index in [1.807, 2.05) is 12.4 Å². The van der Waals surface area contributed by atoms with Crippen LogP contribution in [0.2, 0.25) is 0 Å². The lowest BCUT2D eigenvalue weighted by molar-refractivity contribution is -0.0727. The van der Waals surface area contributed by atoms with E-state index in [2.05, 4.69) is 26.4 Å². The van der Waals surface area contributed by atoms with Crippen molar-refractivity contribution in [2.24, 2.45) is 13.0 Å². The van der Waals surface area contributed by atoms with Crippen molar-refractivity contribution in [1.29, 1.82) is 0 Å². The molecule has 4 rings (SSSR count). The van der Waals surface area contributed by atoms with E-state index in [4.69, 9.17) is 4.74 Å². The molecule has 2 saturated heterocycles.